The van der Waals surface area contributed by atoms with E-state index in [1.807, 2.05) is 0 Å². The van der Waals surface area contributed by atoms with Gasteiger partial charge in [0.25, 0.3) is 0 Å². The van der Waals surface area contributed by atoms with Crippen LogP contribution in [0.15, 0.2) is 85.0 Å². The van der Waals surface area contributed by atoms with Crippen molar-refractivity contribution in [2.24, 2.45) is 0 Å². The summed E-state index contributed by atoms with van der Waals surface area (Å²) in [6.45, 7) is -0.448. The molecule has 9 atom stereocenters. The van der Waals surface area contributed by atoms with E-state index in [2.05, 4.69) is 0 Å². The zero-order chi connectivity index (χ0) is 46.6. The first-order valence-corrected chi connectivity index (χ1v) is 19.4. The van der Waals surface area contributed by atoms with Crippen molar-refractivity contribution in [3.63, 3.8) is 0 Å². The number of benzene rings is 3. The topological polar surface area (TPSA) is 290 Å². The first-order chi connectivity index (χ1) is 30.5. The van der Waals surface area contributed by atoms with Crippen LogP contribution in [0.5, 0.6) is 23.0 Å². The van der Waals surface area contributed by atoms with Crippen LogP contribution in [0.1, 0.15) is 30.5 Å². The van der Waals surface area contributed by atoms with E-state index in [-0.39, 0.29) is 23.0 Å². The molecule has 342 valence electrons. The van der Waals surface area contributed by atoms with Crippen LogP contribution in [0, 0.1) is 0 Å². The van der Waals surface area contributed by atoms with Gasteiger partial charge in [0.1, 0.15) is 61.8 Å². The number of carbonyl (C=O) groups is 5. The fraction of sp³-hybridized carbons (Fsp3) is 0.341. The monoisotopic (exact) mass is 894 g/mol. The van der Waals surface area contributed by atoms with Gasteiger partial charge in [-0.15, -0.1) is 0 Å². The van der Waals surface area contributed by atoms with Gasteiger partial charge in [0.05, 0.1) is 7.11 Å². The summed E-state index contributed by atoms with van der Waals surface area (Å²) >= 11 is 0. The number of rotatable bonds is 17. The summed E-state index contributed by atoms with van der Waals surface area (Å²) in [7, 11) is 1.34. The molecule has 0 radical (unpaired) electrons. The Morgan fingerprint density at radius 1 is 0.641 bits per heavy atom. The first-order valence-electron chi connectivity index (χ1n) is 19.4. The lowest BCUT2D eigenvalue weighted by Crippen LogP contribution is -2.64. The highest BCUT2D eigenvalue weighted by atomic mass is 16.8. The minimum atomic E-state index is -2.68. The molecule has 2 heterocycles. The number of aliphatic hydroxyl groups excluding tert-OH is 3. The smallest absolute Gasteiger partial charge is 0.331 e. The molecule has 0 saturated carbocycles. The molecule has 20 heteroatoms. The summed E-state index contributed by atoms with van der Waals surface area (Å²) in [4.78, 5) is 63.6. The molecular weight excluding hydrogens is 848 g/mol. The fourth-order valence-electron chi connectivity index (χ4n) is 6.29. The Balaban J connectivity index is 1.51. The average Bonchev–Trinajstić information content (AvgIpc) is 3.51. The number of esters is 5. The molecule has 0 bridgehead atoms. The third-order valence-corrected chi connectivity index (χ3v) is 9.46. The number of methoxy groups -OCH3 is 1. The molecule has 6 N–H and O–H groups in total. The average molecular weight is 895 g/mol. The second-order valence-corrected chi connectivity index (χ2v) is 14.2. The summed E-state index contributed by atoms with van der Waals surface area (Å²) in [6, 6.07) is 15.6. The van der Waals surface area contributed by atoms with Gasteiger partial charge >= 0.3 is 29.8 Å². The fourth-order valence-corrected chi connectivity index (χ4v) is 6.29. The Kier molecular flexibility index (Phi) is 16.6. The summed E-state index contributed by atoms with van der Waals surface area (Å²) in [5.41, 5.74) is 1.33. The van der Waals surface area contributed by atoms with Crippen LogP contribution in [-0.2, 0) is 61.9 Å². The Morgan fingerprint density at radius 3 is 1.77 bits per heavy atom. The minimum Gasteiger partial charge on any atom is -0.508 e. The van der Waals surface area contributed by atoms with Gasteiger partial charge in [-0.25, -0.2) is 14.4 Å². The second-order valence-electron chi connectivity index (χ2n) is 14.2. The lowest BCUT2D eigenvalue weighted by Gasteiger charge is -2.44. The zero-order valence-electron chi connectivity index (χ0n) is 34.5. The van der Waals surface area contributed by atoms with Crippen LogP contribution in [0.3, 0.4) is 0 Å². The normalized spacial score (nSPS) is 25.5. The molecule has 0 aliphatic carbocycles. The lowest BCUT2D eigenvalue weighted by atomic mass is 9.98. The maximum atomic E-state index is 13.5. The lowest BCUT2D eigenvalue weighted by molar-refractivity contribution is -0.383. The van der Waals surface area contributed by atoms with Crippen LogP contribution in [0.4, 0.5) is 0 Å². The summed E-state index contributed by atoms with van der Waals surface area (Å²) < 4.78 is 50.2. The standard InChI is InChI=1S/C44H46O20/c1-24(45)57-21-33-38(53)40(55)41(60-25(2)46)43(61-33)64-44(23-59-36(51)17-9-26-4-12-29(47)13-5-26)42(62-37(52)19-10-27-6-14-30(48)15-7-27)39(54)34(63-44)22-58-35(50)18-11-28-8-16-31(49)32(20-28)56-3/h4-20,33-34,38-43,47-49,53-55H,21-23H2,1-3H3/b17-9+,18-11+,19-10+/t33-,34-,38+,39-,40+,41-,42+,43-,44+/m1/s1. The van der Waals surface area contributed by atoms with Gasteiger partial charge in [0.2, 0.25) is 12.1 Å². The van der Waals surface area contributed by atoms with Crippen molar-refractivity contribution in [3.05, 3.63) is 102 Å². The molecule has 0 aromatic heterocycles. The Bertz CT molecular complexity index is 2200. The van der Waals surface area contributed by atoms with Crippen LogP contribution in [0.2, 0.25) is 0 Å². The quantitative estimate of drug-likeness (QED) is 0.0638. The maximum absolute atomic E-state index is 13.5. The van der Waals surface area contributed by atoms with Crippen molar-refractivity contribution in [1.82, 2.24) is 0 Å². The van der Waals surface area contributed by atoms with E-state index >= 15 is 0 Å². The molecule has 0 spiro atoms. The summed E-state index contributed by atoms with van der Waals surface area (Å²) in [5, 5.41) is 63.0. The third kappa shape index (κ3) is 13.1. The molecule has 5 rings (SSSR count). The highest BCUT2D eigenvalue weighted by Crippen LogP contribution is 2.40. The predicted molar refractivity (Wildman–Crippen MR) is 217 cm³/mol. The molecular formula is C44H46O20. The van der Waals surface area contributed by atoms with Gasteiger partial charge in [-0.1, -0.05) is 30.3 Å². The van der Waals surface area contributed by atoms with E-state index in [1.54, 1.807) is 0 Å². The van der Waals surface area contributed by atoms with E-state index < -0.39 is 104 Å². The molecule has 0 unspecified atom stereocenters. The van der Waals surface area contributed by atoms with Crippen molar-refractivity contribution >= 4 is 48.1 Å². The van der Waals surface area contributed by atoms with Gasteiger partial charge in [0, 0.05) is 32.1 Å². The molecule has 64 heavy (non-hydrogen) atoms. The van der Waals surface area contributed by atoms with E-state index in [0.717, 1.165) is 32.1 Å². The summed E-state index contributed by atoms with van der Waals surface area (Å²) in [6.07, 6.45) is -8.07. The van der Waals surface area contributed by atoms with E-state index in [4.69, 9.17) is 42.6 Å². The molecule has 2 fully saturated rings. The first kappa shape index (κ1) is 48.2. The molecule has 20 nitrogen and oxygen atoms in total. The van der Waals surface area contributed by atoms with Crippen LogP contribution >= 0.6 is 0 Å². The van der Waals surface area contributed by atoms with E-state index in [0.29, 0.717) is 16.7 Å². The number of hydrogen-bond donors (Lipinski definition) is 6. The Morgan fingerprint density at radius 2 is 1.19 bits per heavy atom. The number of carbonyl (C=O) groups excluding carboxylic acids is 5. The van der Waals surface area contributed by atoms with Crippen LogP contribution in [0.25, 0.3) is 18.2 Å². The SMILES string of the molecule is COc1cc(/C=C/C(=O)OC[C@H]2O[C@@](COC(=O)/C=C/c3ccc(O)cc3)(O[C@H]3O[C@H](COC(C)=O)[C@H](O)[C@H](O)[C@H]3OC(C)=O)[C@@H](OC(=O)/C=C/c3ccc(O)cc3)[C@@H]2O)ccc1O. The largest absolute Gasteiger partial charge is 0.508 e. The van der Waals surface area contributed by atoms with E-state index in [9.17, 15) is 54.6 Å². The number of hydrogen-bond acceptors (Lipinski definition) is 20. The second kappa shape index (κ2) is 22.0. The predicted octanol–water partition coefficient (Wildman–Crippen LogP) is 1.66. The van der Waals surface area contributed by atoms with Gasteiger partial charge in [0.15, 0.2) is 23.7 Å². The summed E-state index contributed by atoms with van der Waals surface area (Å²) in [5.74, 6) is -7.73. The molecule has 2 aliphatic heterocycles. The highest BCUT2D eigenvalue weighted by molar-refractivity contribution is 5.88. The van der Waals surface area contributed by atoms with Crippen molar-refractivity contribution in [2.75, 3.05) is 26.9 Å². The van der Waals surface area contributed by atoms with Gasteiger partial charge < -0.3 is 73.3 Å². The number of ether oxygens (including phenoxy) is 9. The zero-order valence-corrected chi connectivity index (χ0v) is 34.5. The molecule has 0 amide bonds. The maximum Gasteiger partial charge on any atom is 0.331 e. The van der Waals surface area contributed by atoms with E-state index in [1.165, 1.54) is 92.1 Å². The van der Waals surface area contributed by atoms with Crippen molar-refractivity contribution in [3.8, 4) is 23.0 Å². The minimum absolute atomic E-state index is 0.0340. The van der Waals surface area contributed by atoms with Gasteiger partial charge in [-0.3, -0.25) is 9.59 Å². The van der Waals surface area contributed by atoms with Gasteiger partial charge in [-0.05, 0) is 71.3 Å². The highest BCUT2D eigenvalue weighted by Gasteiger charge is 2.62. The van der Waals surface area contributed by atoms with Gasteiger partial charge in [-0.2, -0.15) is 0 Å². The number of aromatic hydroxyl groups is 3. The molecule has 3 aromatic carbocycles. The third-order valence-electron chi connectivity index (χ3n) is 9.46. The van der Waals surface area contributed by atoms with Crippen molar-refractivity contribution in [1.29, 1.82) is 0 Å². The van der Waals surface area contributed by atoms with Crippen molar-refractivity contribution in [2.45, 2.75) is 68.7 Å². The van der Waals surface area contributed by atoms with Crippen molar-refractivity contribution < 1.29 is 97.2 Å². The number of phenolic OH excluding ortho intramolecular Hbond substituents is 3. The van der Waals surface area contributed by atoms with Crippen LogP contribution < -0.4 is 4.74 Å². The molecule has 2 saturated heterocycles. The Hall–Kier alpha value is -6.81. The molecule has 2 aliphatic rings. The number of aliphatic hydroxyl groups is 3. The van der Waals surface area contributed by atoms with Crippen LogP contribution in [-0.4, -0.2) is 142 Å². The number of phenols is 3. The molecule has 3 aromatic rings. The Labute approximate surface area is 365 Å².